The van der Waals surface area contributed by atoms with E-state index in [9.17, 15) is 22.8 Å². The Hall–Kier alpha value is -5.50. The second-order valence-corrected chi connectivity index (χ2v) is 12.3. The Balaban J connectivity index is 1.33. The van der Waals surface area contributed by atoms with E-state index in [0.29, 0.717) is 17.5 Å². The highest BCUT2D eigenvalue weighted by Gasteiger charge is 2.35. The van der Waals surface area contributed by atoms with Crippen molar-refractivity contribution in [3.63, 3.8) is 0 Å². The molecule has 0 saturated heterocycles. The predicted octanol–water partition coefficient (Wildman–Crippen LogP) is 8.31. The van der Waals surface area contributed by atoms with E-state index in [0.717, 1.165) is 39.6 Å². The summed E-state index contributed by atoms with van der Waals surface area (Å²) < 4.78 is 40.2. The van der Waals surface area contributed by atoms with Gasteiger partial charge in [-0.25, -0.2) is 0 Å². The summed E-state index contributed by atoms with van der Waals surface area (Å²) in [4.78, 5) is 36.4. The Labute approximate surface area is 284 Å². The van der Waals surface area contributed by atoms with E-state index in [-0.39, 0.29) is 37.9 Å². The number of aromatic nitrogens is 1. The van der Waals surface area contributed by atoms with Crippen molar-refractivity contribution in [2.45, 2.75) is 45.1 Å². The number of carbonyl (C=O) groups is 2. The Bertz CT molecular complexity index is 1920. The predicted molar refractivity (Wildman–Crippen MR) is 185 cm³/mol. The topological polar surface area (TPSA) is 53.5 Å². The third-order valence-corrected chi connectivity index (χ3v) is 8.84. The lowest BCUT2D eigenvalue weighted by atomic mass is 9.95. The number of hydrogen-bond donors (Lipinski definition) is 0. The first kappa shape index (κ1) is 33.4. The van der Waals surface area contributed by atoms with E-state index in [4.69, 9.17) is 0 Å². The molecule has 0 N–H and O–H groups in total. The lowest BCUT2D eigenvalue weighted by Crippen LogP contribution is -2.52. The molecular weight excluding hydrogens is 623 g/mol. The molecule has 1 atom stereocenters. The first-order chi connectivity index (χ1) is 23.6. The van der Waals surface area contributed by atoms with Gasteiger partial charge in [0.25, 0.3) is 0 Å². The maximum Gasteiger partial charge on any atom is 0.416 e. The minimum atomic E-state index is -4.44. The van der Waals surface area contributed by atoms with E-state index < -0.39 is 17.8 Å². The molecule has 0 radical (unpaired) electrons. The summed E-state index contributed by atoms with van der Waals surface area (Å²) in [5.74, 6) is -0.576. The zero-order valence-corrected chi connectivity index (χ0v) is 27.1. The van der Waals surface area contributed by atoms with Gasteiger partial charge >= 0.3 is 6.18 Å². The van der Waals surface area contributed by atoms with Gasteiger partial charge in [0.15, 0.2) is 0 Å². The number of fused-ring (bicyclic) bond motifs is 1. The standard InChI is InChI=1S/C41H36F3N3O2/c1-29-10-12-30(13-11-29)16-21-39(48)47(27-32-14-17-33(18-15-32)37-9-5-6-23-45-37)38(25-31-7-3-2-4-8-31)40(49)46-24-22-34-26-36(41(42,43)44)20-19-35(34)28-46/h2-21,23,26,38H,22,24-25,27-28H2,1H3/b21-16+/t38-/m0/s1. The number of halogens is 3. The lowest BCUT2D eigenvalue weighted by Gasteiger charge is -2.37. The zero-order valence-electron chi connectivity index (χ0n) is 27.1. The van der Waals surface area contributed by atoms with Crippen molar-refractivity contribution in [2.75, 3.05) is 6.54 Å². The first-order valence-electron chi connectivity index (χ1n) is 16.2. The number of alkyl halides is 3. The molecule has 5 nitrogen and oxygen atoms in total. The Morgan fingerprint density at radius 1 is 0.857 bits per heavy atom. The van der Waals surface area contributed by atoms with Gasteiger partial charge in [-0.15, -0.1) is 0 Å². The maximum atomic E-state index is 14.5. The number of pyridine rings is 1. The van der Waals surface area contributed by atoms with E-state index in [2.05, 4.69) is 4.98 Å². The highest BCUT2D eigenvalue weighted by Crippen LogP contribution is 2.32. The molecule has 0 unspecified atom stereocenters. The van der Waals surface area contributed by atoms with Crippen LogP contribution in [-0.4, -0.2) is 39.2 Å². The normalized spacial score (nSPS) is 13.6. The van der Waals surface area contributed by atoms with Crippen LogP contribution in [0.5, 0.6) is 0 Å². The summed E-state index contributed by atoms with van der Waals surface area (Å²) in [5, 5.41) is 0. The second-order valence-electron chi connectivity index (χ2n) is 12.3. The minimum absolute atomic E-state index is 0.164. The molecule has 49 heavy (non-hydrogen) atoms. The molecule has 248 valence electrons. The van der Waals surface area contributed by atoms with Crippen LogP contribution < -0.4 is 0 Å². The molecule has 8 heteroatoms. The van der Waals surface area contributed by atoms with Crippen LogP contribution in [0.25, 0.3) is 17.3 Å². The summed E-state index contributed by atoms with van der Waals surface area (Å²) >= 11 is 0. The summed E-state index contributed by atoms with van der Waals surface area (Å²) in [7, 11) is 0. The fourth-order valence-corrected chi connectivity index (χ4v) is 6.09. The van der Waals surface area contributed by atoms with Gasteiger partial charge < -0.3 is 9.80 Å². The van der Waals surface area contributed by atoms with Gasteiger partial charge in [-0.05, 0) is 71.5 Å². The molecule has 2 heterocycles. The number of nitrogens with zero attached hydrogens (tertiary/aromatic N) is 3. The SMILES string of the molecule is Cc1ccc(/C=C/C(=O)N(Cc2ccc(-c3ccccn3)cc2)[C@@H](Cc2ccccc2)C(=O)N2CCc3cc(C(F)(F)F)ccc3C2)cc1. The minimum Gasteiger partial charge on any atom is -0.336 e. The van der Waals surface area contributed by atoms with E-state index in [1.807, 2.05) is 104 Å². The molecule has 1 aliphatic heterocycles. The van der Waals surface area contributed by atoms with Gasteiger partial charge in [-0.2, -0.15) is 13.2 Å². The van der Waals surface area contributed by atoms with Crippen LogP contribution in [0.3, 0.4) is 0 Å². The highest BCUT2D eigenvalue weighted by molar-refractivity contribution is 5.96. The van der Waals surface area contributed by atoms with E-state index in [1.165, 1.54) is 18.2 Å². The van der Waals surface area contributed by atoms with Gasteiger partial charge in [-0.1, -0.05) is 96.6 Å². The summed E-state index contributed by atoms with van der Waals surface area (Å²) in [6.45, 7) is 2.58. The Morgan fingerprint density at radius 2 is 1.59 bits per heavy atom. The molecule has 0 aliphatic carbocycles. The van der Waals surface area contributed by atoms with Crippen molar-refractivity contribution in [2.24, 2.45) is 0 Å². The Morgan fingerprint density at radius 3 is 2.29 bits per heavy atom. The zero-order chi connectivity index (χ0) is 34.4. The number of rotatable bonds is 9. The number of hydrogen-bond acceptors (Lipinski definition) is 3. The molecule has 0 saturated carbocycles. The van der Waals surface area contributed by atoms with Crippen molar-refractivity contribution < 1.29 is 22.8 Å². The third-order valence-electron chi connectivity index (χ3n) is 8.84. The lowest BCUT2D eigenvalue weighted by molar-refractivity contribution is -0.144. The molecule has 0 fully saturated rings. The first-order valence-corrected chi connectivity index (χ1v) is 16.2. The van der Waals surface area contributed by atoms with Crippen molar-refractivity contribution in [3.8, 4) is 11.3 Å². The molecule has 6 rings (SSSR count). The number of carbonyl (C=O) groups excluding carboxylic acids is 2. The van der Waals surface area contributed by atoms with Crippen LogP contribution in [0.2, 0.25) is 0 Å². The van der Waals surface area contributed by atoms with E-state index in [1.54, 1.807) is 22.1 Å². The number of amides is 2. The smallest absolute Gasteiger partial charge is 0.336 e. The quantitative estimate of drug-likeness (QED) is 0.150. The van der Waals surface area contributed by atoms with Crippen molar-refractivity contribution >= 4 is 17.9 Å². The van der Waals surface area contributed by atoms with Crippen LogP contribution in [0.15, 0.2) is 128 Å². The molecular formula is C41H36F3N3O2. The van der Waals surface area contributed by atoms with E-state index >= 15 is 0 Å². The molecule has 4 aromatic carbocycles. The number of benzene rings is 4. The average molecular weight is 660 g/mol. The summed E-state index contributed by atoms with van der Waals surface area (Å²) in [6, 6.07) is 33.7. The van der Waals surface area contributed by atoms with Crippen LogP contribution in [-0.2, 0) is 41.7 Å². The van der Waals surface area contributed by atoms with Crippen molar-refractivity contribution in [3.05, 3.63) is 166 Å². The van der Waals surface area contributed by atoms with Crippen LogP contribution in [0.1, 0.15) is 38.9 Å². The van der Waals surface area contributed by atoms with Crippen molar-refractivity contribution in [1.29, 1.82) is 0 Å². The summed E-state index contributed by atoms with van der Waals surface area (Å²) in [5.41, 5.74) is 6.01. The fourth-order valence-electron chi connectivity index (χ4n) is 6.09. The molecule has 1 aliphatic rings. The fraction of sp³-hybridized carbons (Fsp3) is 0.195. The third kappa shape index (κ3) is 8.33. The van der Waals surface area contributed by atoms with Crippen molar-refractivity contribution in [1.82, 2.24) is 14.8 Å². The van der Waals surface area contributed by atoms with Crippen LogP contribution >= 0.6 is 0 Å². The largest absolute Gasteiger partial charge is 0.416 e. The molecule has 0 spiro atoms. The van der Waals surface area contributed by atoms with Gasteiger partial charge in [0.2, 0.25) is 11.8 Å². The molecule has 0 bridgehead atoms. The average Bonchev–Trinajstić information content (AvgIpc) is 3.12. The van der Waals surface area contributed by atoms with Gasteiger partial charge in [-0.3, -0.25) is 14.6 Å². The van der Waals surface area contributed by atoms with Gasteiger partial charge in [0.1, 0.15) is 6.04 Å². The van der Waals surface area contributed by atoms with Gasteiger partial charge in [0.05, 0.1) is 11.3 Å². The summed E-state index contributed by atoms with van der Waals surface area (Å²) in [6.07, 6.45) is 1.11. The molecule has 5 aromatic rings. The Kier molecular flexibility index (Phi) is 10.0. The van der Waals surface area contributed by atoms with Crippen LogP contribution in [0, 0.1) is 6.92 Å². The molecule has 2 amide bonds. The second kappa shape index (κ2) is 14.7. The molecule has 1 aromatic heterocycles. The van der Waals surface area contributed by atoms with Gasteiger partial charge in [0, 0.05) is 43.9 Å². The number of aryl methyl sites for hydroxylation is 1. The monoisotopic (exact) mass is 659 g/mol. The van der Waals surface area contributed by atoms with Crippen LogP contribution in [0.4, 0.5) is 13.2 Å². The highest BCUT2D eigenvalue weighted by atomic mass is 19.4. The maximum absolute atomic E-state index is 14.5.